The van der Waals surface area contributed by atoms with Crippen LogP contribution in [0.2, 0.25) is 6.82 Å². The van der Waals surface area contributed by atoms with Gasteiger partial charge in [0.05, 0.1) is 6.61 Å². The van der Waals surface area contributed by atoms with Crippen molar-refractivity contribution >= 4 is 18.3 Å². The predicted molar refractivity (Wildman–Crippen MR) is 76.7 cm³/mol. The second-order valence-electron chi connectivity index (χ2n) is 6.15. The normalized spacial score (nSPS) is 25.2. The number of hydrogen-bond donors (Lipinski definition) is 0. The maximum absolute atomic E-state index is 14.2. The first-order valence-electron chi connectivity index (χ1n) is 7.20. The summed E-state index contributed by atoms with van der Waals surface area (Å²) in [5.41, 5.74) is 1.85. The molecule has 20 heavy (non-hydrogen) atoms. The Morgan fingerprint density at radius 1 is 1.35 bits per heavy atom. The van der Waals surface area contributed by atoms with Gasteiger partial charge in [-0.3, -0.25) is 4.79 Å². The highest BCUT2D eigenvalue weighted by Crippen LogP contribution is 2.25. The SMILES string of the molecule is CB1OCc2cc(C(=O)N3CC(C)C(C)C3)cc(F)c21. The third-order valence-electron chi connectivity index (χ3n) is 4.63. The molecular formula is C15H19BFNO2. The summed E-state index contributed by atoms with van der Waals surface area (Å²) < 4.78 is 19.6. The number of fused-ring (bicyclic) bond motifs is 1. The molecule has 2 unspecified atom stereocenters. The average Bonchev–Trinajstić information content (AvgIpc) is 2.93. The van der Waals surface area contributed by atoms with Crippen LogP contribution in [0.3, 0.4) is 0 Å². The van der Waals surface area contributed by atoms with E-state index in [1.807, 2.05) is 11.7 Å². The number of nitrogens with zero attached hydrogens (tertiary/aromatic N) is 1. The Balaban J connectivity index is 1.88. The van der Waals surface area contributed by atoms with Crippen LogP contribution in [0.15, 0.2) is 12.1 Å². The lowest BCUT2D eigenvalue weighted by Gasteiger charge is -2.17. The van der Waals surface area contributed by atoms with Crippen molar-refractivity contribution < 1.29 is 13.8 Å². The zero-order chi connectivity index (χ0) is 14.4. The first-order valence-corrected chi connectivity index (χ1v) is 7.20. The molecule has 2 aliphatic rings. The summed E-state index contributed by atoms with van der Waals surface area (Å²) in [6, 6.07) is 3.15. The molecule has 0 aromatic heterocycles. The highest BCUT2D eigenvalue weighted by Gasteiger charge is 2.32. The average molecular weight is 275 g/mol. The number of benzene rings is 1. The zero-order valence-electron chi connectivity index (χ0n) is 12.1. The Morgan fingerprint density at radius 2 is 2.00 bits per heavy atom. The summed E-state index contributed by atoms with van der Waals surface area (Å²) in [7, 11) is 0. The number of carbonyl (C=O) groups is 1. The summed E-state index contributed by atoms with van der Waals surface area (Å²) in [6.45, 7) is 7.81. The molecule has 5 heteroatoms. The first-order chi connectivity index (χ1) is 9.47. The van der Waals surface area contributed by atoms with Gasteiger partial charge in [-0.1, -0.05) is 20.7 Å². The van der Waals surface area contributed by atoms with E-state index in [0.717, 1.165) is 18.7 Å². The lowest BCUT2D eigenvalue weighted by Crippen LogP contribution is -2.31. The number of amides is 1. The summed E-state index contributed by atoms with van der Waals surface area (Å²) in [6.07, 6.45) is 0. The molecule has 1 aromatic carbocycles. The second kappa shape index (κ2) is 4.88. The van der Waals surface area contributed by atoms with Gasteiger partial charge in [-0.25, -0.2) is 4.39 Å². The molecule has 1 aromatic rings. The number of carbonyl (C=O) groups excluding carboxylic acids is 1. The molecule has 0 radical (unpaired) electrons. The van der Waals surface area contributed by atoms with Crippen molar-refractivity contribution in [2.24, 2.45) is 11.8 Å². The number of likely N-dealkylation sites (tertiary alicyclic amines) is 1. The highest BCUT2D eigenvalue weighted by atomic mass is 19.1. The van der Waals surface area contributed by atoms with Gasteiger partial charge < -0.3 is 9.55 Å². The molecule has 1 saturated heterocycles. The van der Waals surface area contributed by atoms with E-state index in [-0.39, 0.29) is 18.6 Å². The Bertz CT molecular complexity index is 553. The Kier molecular flexibility index (Phi) is 3.32. The van der Waals surface area contributed by atoms with Gasteiger partial charge in [0, 0.05) is 18.7 Å². The minimum absolute atomic E-state index is 0.0672. The van der Waals surface area contributed by atoms with Crippen LogP contribution < -0.4 is 5.46 Å². The van der Waals surface area contributed by atoms with Crippen molar-refractivity contribution in [1.82, 2.24) is 4.90 Å². The topological polar surface area (TPSA) is 29.5 Å². The van der Waals surface area contributed by atoms with Gasteiger partial charge in [0.2, 0.25) is 0 Å². The van der Waals surface area contributed by atoms with Gasteiger partial charge in [0.15, 0.2) is 0 Å². The third-order valence-corrected chi connectivity index (χ3v) is 4.63. The quantitative estimate of drug-likeness (QED) is 0.733. The van der Waals surface area contributed by atoms with Crippen LogP contribution >= 0.6 is 0 Å². The van der Waals surface area contributed by atoms with Gasteiger partial charge in [-0.15, -0.1) is 0 Å². The number of rotatable bonds is 1. The smallest absolute Gasteiger partial charge is 0.327 e. The standard InChI is InChI=1S/C15H19BFNO2/c1-9-6-18(7-10(9)2)15(19)11-4-12-8-20-16(3)14(12)13(17)5-11/h4-5,9-10H,6-8H2,1-3H3. The van der Waals surface area contributed by atoms with E-state index in [9.17, 15) is 9.18 Å². The van der Waals surface area contributed by atoms with Crippen molar-refractivity contribution in [3.05, 3.63) is 29.1 Å². The highest BCUT2D eigenvalue weighted by molar-refractivity contribution is 6.67. The lowest BCUT2D eigenvalue weighted by atomic mass is 9.64. The minimum atomic E-state index is -0.323. The van der Waals surface area contributed by atoms with E-state index in [1.54, 1.807) is 6.07 Å². The van der Waals surface area contributed by atoms with Crippen molar-refractivity contribution in [1.29, 1.82) is 0 Å². The van der Waals surface area contributed by atoms with Gasteiger partial charge in [0.25, 0.3) is 5.91 Å². The van der Waals surface area contributed by atoms with Crippen LogP contribution in [0.4, 0.5) is 4.39 Å². The van der Waals surface area contributed by atoms with Crippen LogP contribution in [0, 0.1) is 17.7 Å². The molecule has 2 aliphatic heterocycles. The predicted octanol–water partition coefficient (Wildman–Crippen LogP) is 1.91. The van der Waals surface area contributed by atoms with E-state index in [0.29, 0.717) is 29.5 Å². The van der Waals surface area contributed by atoms with Gasteiger partial charge in [-0.05, 0) is 35.0 Å². The fourth-order valence-corrected chi connectivity index (χ4v) is 3.15. The van der Waals surface area contributed by atoms with Crippen LogP contribution in [0.5, 0.6) is 0 Å². The van der Waals surface area contributed by atoms with E-state index in [1.165, 1.54) is 6.07 Å². The number of hydrogen-bond acceptors (Lipinski definition) is 2. The second-order valence-corrected chi connectivity index (χ2v) is 6.15. The minimum Gasteiger partial charge on any atom is -0.427 e. The van der Waals surface area contributed by atoms with Gasteiger partial charge >= 0.3 is 6.92 Å². The maximum Gasteiger partial charge on any atom is 0.327 e. The molecule has 1 amide bonds. The fourth-order valence-electron chi connectivity index (χ4n) is 3.15. The van der Waals surface area contributed by atoms with Crippen LogP contribution in [-0.2, 0) is 11.3 Å². The molecule has 1 fully saturated rings. The maximum atomic E-state index is 14.2. The van der Waals surface area contributed by atoms with Gasteiger partial charge in [-0.2, -0.15) is 0 Å². The molecule has 3 rings (SSSR count). The summed E-state index contributed by atoms with van der Waals surface area (Å²) in [4.78, 5) is 14.3. The van der Waals surface area contributed by atoms with Crippen molar-refractivity contribution in [2.45, 2.75) is 27.3 Å². The molecule has 106 valence electrons. The monoisotopic (exact) mass is 275 g/mol. The van der Waals surface area contributed by atoms with Gasteiger partial charge in [0.1, 0.15) is 5.82 Å². The molecule has 0 N–H and O–H groups in total. The lowest BCUT2D eigenvalue weighted by molar-refractivity contribution is 0.0784. The molecule has 2 atom stereocenters. The van der Waals surface area contributed by atoms with E-state index in [2.05, 4.69) is 13.8 Å². The number of halogens is 1. The summed E-state index contributed by atoms with van der Waals surface area (Å²) >= 11 is 0. The Morgan fingerprint density at radius 3 is 2.65 bits per heavy atom. The summed E-state index contributed by atoms with van der Waals surface area (Å²) in [5.74, 6) is 0.613. The van der Waals surface area contributed by atoms with Crippen LogP contribution in [0.1, 0.15) is 29.8 Å². The molecule has 0 saturated carbocycles. The molecule has 2 heterocycles. The molecule has 0 spiro atoms. The molecule has 0 bridgehead atoms. The fraction of sp³-hybridized carbons (Fsp3) is 0.533. The largest absolute Gasteiger partial charge is 0.427 e. The molecular weight excluding hydrogens is 256 g/mol. The molecule has 3 nitrogen and oxygen atoms in total. The van der Waals surface area contributed by atoms with Crippen molar-refractivity contribution in [3.63, 3.8) is 0 Å². The van der Waals surface area contributed by atoms with E-state index >= 15 is 0 Å². The Labute approximate surface area is 119 Å². The van der Waals surface area contributed by atoms with E-state index < -0.39 is 0 Å². The summed E-state index contributed by atoms with van der Waals surface area (Å²) in [5, 5.41) is 0. The molecule has 0 aliphatic carbocycles. The first kappa shape index (κ1) is 13.6. The zero-order valence-corrected chi connectivity index (χ0v) is 12.1. The van der Waals surface area contributed by atoms with Crippen molar-refractivity contribution in [3.8, 4) is 0 Å². The van der Waals surface area contributed by atoms with Crippen molar-refractivity contribution in [2.75, 3.05) is 13.1 Å². The van der Waals surface area contributed by atoms with Crippen LogP contribution in [0.25, 0.3) is 0 Å². The third kappa shape index (κ3) is 2.14. The van der Waals surface area contributed by atoms with E-state index in [4.69, 9.17) is 4.65 Å². The van der Waals surface area contributed by atoms with Crippen LogP contribution in [-0.4, -0.2) is 30.8 Å². The Hall–Kier alpha value is -1.36.